The molecule has 1 aliphatic rings. The van der Waals surface area contributed by atoms with Crippen LogP contribution in [0.2, 0.25) is 0 Å². The van der Waals surface area contributed by atoms with Crippen LogP contribution in [-0.2, 0) is 0 Å². The molecule has 0 fully saturated rings. The summed E-state index contributed by atoms with van der Waals surface area (Å²) in [6.07, 6.45) is -4.05. The first kappa shape index (κ1) is 9.54. The van der Waals surface area contributed by atoms with Gasteiger partial charge in [0, 0.05) is 6.42 Å². The third-order valence-electron chi connectivity index (χ3n) is 1.37. The Hall–Kier alpha value is -0.550. The van der Waals surface area contributed by atoms with E-state index in [-0.39, 0.29) is 6.42 Å². The van der Waals surface area contributed by atoms with Gasteiger partial charge < -0.3 is 5.73 Å². The molecule has 1 rings (SSSR count). The van der Waals surface area contributed by atoms with E-state index in [2.05, 4.69) is 4.99 Å². The molecule has 0 aromatic heterocycles. The van der Waals surface area contributed by atoms with E-state index < -0.39 is 23.1 Å². The zero-order valence-corrected chi connectivity index (χ0v) is 6.65. The molecule has 0 aromatic rings. The van der Waals surface area contributed by atoms with Crippen LogP contribution >= 0.6 is 11.6 Å². The minimum Gasteiger partial charge on any atom is -0.309 e. The van der Waals surface area contributed by atoms with Crippen LogP contribution in [0, 0.1) is 0 Å². The number of alkyl halides is 3. The third-order valence-corrected chi connectivity index (χ3v) is 1.67. The number of halogens is 4. The van der Waals surface area contributed by atoms with Crippen molar-refractivity contribution in [1.82, 2.24) is 0 Å². The smallest absolute Gasteiger partial charge is 0.309 e. The molecule has 0 bridgehead atoms. The van der Waals surface area contributed by atoms with Crippen LogP contribution in [0.25, 0.3) is 0 Å². The summed E-state index contributed by atoms with van der Waals surface area (Å²) in [5.41, 5.74) is 4.35. The highest BCUT2D eigenvalue weighted by atomic mass is 35.5. The predicted octanol–water partition coefficient (Wildman–Crippen LogP) is 1.80. The highest BCUT2D eigenvalue weighted by Crippen LogP contribution is 2.30. The van der Waals surface area contributed by atoms with Crippen molar-refractivity contribution in [3.05, 3.63) is 11.6 Å². The van der Waals surface area contributed by atoms with Gasteiger partial charge in [-0.15, -0.1) is 0 Å². The second-order valence-corrected chi connectivity index (χ2v) is 2.70. The van der Waals surface area contributed by atoms with Crippen LogP contribution in [0.3, 0.4) is 0 Å². The molecule has 0 saturated heterocycles. The Balaban J connectivity index is 2.89. The number of aliphatic imine (C=N–C) groups is 1. The Morgan fingerprint density at radius 2 is 2.17 bits per heavy atom. The zero-order chi connectivity index (χ0) is 9.35. The van der Waals surface area contributed by atoms with Gasteiger partial charge in [-0.3, -0.25) is 4.99 Å². The van der Waals surface area contributed by atoms with Crippen molar-refractivity contribution in [2.45, 2.75) is 18.8 Å². The molecule has 0 radical (unpaired) electrons. The predicted molar refractivity (Wildman–Crippen MR) is 40.0 cm³/mol. The van der Waals surface area contributed by atoms with Gasteiger partial charge in [0.15, 0.2) is 0 Å². The van der Waals surface area contributed by atoms with Crippen LogP contribution in [-0.4, -0.2) is 17.5 Å². The molecular formula is C6H6ClF3N2. The molecule has 1 unspecified atom stereocenters. The number of dihydropyridines is 1. The van der Waals surface area contributed by atoms with E-state index >= 15 is 0 Å². The fourth-order valence-corrected chi connectivity index (χ4v) is 1.13. The molecule has 0 saturated carbocycles. The van der Waals surface area contributed by atoms with Crippen LogP contribution in [0.15, 0.2) is 16.6 Å². The lowest BCUT2D eigenvalue weighted by Gasteiger charge is -2.16. The lowest BCUT2D eigenvalue weighted by molar-refractivity contribution is -0.0862. The normalized spacial score (nSPS) is 24.9. The van der Waals surface area contributed by atoms with Crippen molar-refractivity contribution >= 4 is 16.8 Å². The van der Waals surface area contributed by atoms with E-state index in [4.69, 9.17) is 17.3 Å². The minimum atomic E-state index is -4.43. The van der Waals surface area contributed by atoms with E-state index in [9.17, 15) is 13.2 Å². The number of hydrogen-bond donors (Lipinski definition) is 1. The van der Waals surface area contributed by atoms with Crippen molar-refractivity contribution < 1.29 is 13.2 Å². The van der Waals surface area contributed by atoms with E-state index in [1.807, 2.05) is 0 Å². The first-order chi connectivity index (χ1) is 5.41. The summed E-state index contributed by atoms with van der Waals surface area (Å²) in [4.78, 5) is 3.40. The molecule has 6 heteroatoms. The minimum absolute atomic E-state index is 0.0745. The summed E-state index contributed by atoms with van der Waals surface area (Å²) < 4.78 is 36.1. The summed E-state index contributed by atoms with van der Waals surface area (Å²) >= 11 is 5.24. The first-order valence-electron chi connectivity index (χ1n) is 3.18. The zero-order valence-electron chi connectivity index (χ0n) is 5.90. The monoisotopic (exact) mass is 198 g/mol. The maximum Gasteiger partial charge on any atom is 0.419 e. The Bertz CT molecular complexity index is 244. The Morgan fingerprint density at radius 1 is 1.58 bits per heavy atom. The molecular weight excluding hydrogens is 193 g/mol. The van der Waals surface area contributed by atoms with E-state index in [1.54, 1.807) is 0 Å². The molecule has 0 spiro atoms. The highest BCUT2D eigenvalue weighted by Gasteiger charge is 2.37. The Labute approximate surface area is 71.9 Å². The number of nitrogens with two attached hydrogens (primary N) is 1. The Morgan fingerprint density at radius 3 is 2.58 bits per heavy atom. The average molecular weight is 199 g/mol. The molecule has 1 atom stereocenters. The van der Waals surface area contributed by atoms with Gasteiger partial charge in [-0.2, -0.15) is 13.2 Å². The molecule has 1 aliphatic heterocycles. The molecule has 2 nitrogen and oxygen atoms in total. The number of hydrogen-bond acceptors (Lipinski definition) is 2. The lowest BCUT2D eigenvalue weighted by Crippen LogP contribution is -2.26. The number of nitrogens with zero attached hydrogens (tertiary/aromatic N) is 1. The second kappa shape index (κ2) is 3.06. The molecule has 0 aliphatic carbocycles. The summed E-state index contributed by atoms with van der Waals surface area (Å²) in [5, 5.41) is -0.554. The molecule has 2 N–H and O–H groups in total. The van der Waals surface area contributed by atoms with Crippen LogP contribution in [0.4, 0.5) is 13.2 Å². The summed E-state index contributed by atoms with van der Waals surface area (Å²) in [5.74, 6) is 0. The maximum atomic E-state index is 12.0. The van der Waals surface area contributed by atoms with E-state index in [0.717, 1.165) is 6.08 Å². The lowest BCUT2D eigenvalue weighted by atomic mass is 10.1. The average Bonchev–Trinajstić information content (AvgIpc) is 1.83. The molecule has 68 valence electrons. The second-order valence-electron chi connectivity index (χ2n) is 2.34. The van der Waals surface area contributed by atoms with Gasteiger partial charge in [0.2, 0.25) is 0 Å². The van der Waals surface area contributed by atoms with Crippen LogP contribution in [0.1, 0.15) is 6.42 Å². The Kier molecular flexibility index (Phi) is 2.44. The van der Waals surface area contributed by atoms with Crippen molar-refractivity contribution in [3.63, 3.8) is 0 Å². The third kappa shape index (κ3) is 1.98. The molecule has 0 amide bonds. The van der Waals surface area contributed by atoms with Crippen molar-refractivity contribution in [2.24, 2.45) is 10.7 Å². The SMILES string of the molecule is NC1CC=C(C(F)(F)F)C(Cl)=N1. The van der Waals surface area contributed by atoms with E-state index in [1.165, 1.54) is 0 Å². The van der Waals surface area contributed by atoms with Gasteiger partial charge in [0.05, 0.1) is 5.57 Å². The largest absolute Gasteiger partial charge is 0.419 e. The summed E-state index contributed by atoms with van der Waals surface area (Å²) in [7, 11) is 0. The maximum absolute atomic E-state index is 12.0. The van der Waals surface area contributed by atoms with Crippen LogP contribution in [0.5, 0.6) is 0 Å². The van der Waals surface area contributed by atoms with Gasteiger partial charge >= 0.3 is 6.18 Å². The van der Waals surface area contributed by atoms with E-state index in [0.29, 0.717) is 0 Å². The fourth-order valence-electron chi connectivity index (χ4n) is 0.823. The van der Waals surface area contributed by atoms with Crippen molar-refractivity contribution in [1.29, 1.82) is 0 Å². The van der Waals surface area contributed by atoms with Gasteiger partial charge in [-0.1, -0.05) is 17.7 Å². The number of rotatable bonds is 0. The molecule has 1 heterocycles. The molecule has 12 heavy (non-hydrogen) atoms. The van der Waals surface area contributed by atoms with Gasteiger partial charge in [-0.05, 0) is 0 Å². The topological polar surface area (TPSA) is 38.4 Å². The quantitative estimate of drug-likeness (QED) is 0.633. The number of allylic oxidation sites excluding steroid dienone is 1. The summed E-state index contributed by atoms with van der Waals surface area (Å²) in [6, 6.07) is 0. The fraction of sp³-hybridized carbons (Fsp3) is 0.500. The van der Waals surface area contributed by atoms with Crippen LogP contribution < -0.4 is 5.73 Å². The molecule has 0 aromatic carbocycles. The summed E-state index contributed by atoms with van der Waals surface area (Å²) in [6.45, 7) is 0. The van der Waals surface area contributed by atoms with Gasteiger partial charge in [-0.25, -0.2) is 0 Å². The van der Waals surface area contributed by atoms with Gasteiger partial charge in [0.1, 0.15) is 11.3 Å². The van der Waals surface area contributed by atoms with Crippen molar-refractivity contribution in [3.8, 4) is 0 Å². The highest BCUT2D eigenvalue weighted by molar-refractivity contribution is 6.69. The standard InChI is InChI=1S/C6H6ClF3N2/c7-5-3(6(8,9)10)1-2-4(11)12-5/h1,4H,2,11H2. The first-order valence-corrected chi connectivity index (χ1v) is 3.55. The van der Waals surface area contributed by atoms with Crippen molar-refractivity contribution in [2.75, 3.05) is 0 Å². The van der Waals surface area contributed by atoms with Gasteiger partial charge in [0.25, 0.3) is 0 Å².